The van der Waals surface area contributed by atoms with E-state index in [1.54, 1.807) is 0 Å². The van der Waals surface area contributed by atoms with Crippen LogP contribution < -0.4 is 11.1 Å². The normalized spacial score (nSPS) is 10.8. The van der Waals surface area contributed by atoms with Crippen LogP contribution in [0.3, 0.4) is 0 Å². The van der Waals surface area contributed by atoms with E-state index in [9.17, 15) is 4.79 Å². The summed E-state index contributed by atoms with van der Waals surface area (Å²) >= 11 is 1.38. The molecule has 6 heteroatoms. The maximum atomic E-state index is 12.0. The Morgan fingerprint density at radius 3 is 2.89 bits per heavy atom. The SMILES string of the molecule is Nc1c(C(=O)NCCOCCO)sc2ccccc12. The van der Waals surface area contributed by atoms with Crippen LogP contribution >= 0.6 is 11.3 Å². The largest absolute Gasteiger partial charge is 0.397 e. The van der Waals surface area contributed by atoms with Crippen molar-refractivity contribution >= 4 is 33.0 Å². The molecule has 5 nitrogen and oxygen atoms in total. The van der Waals surface area contributed by atoms with Crippen LogP contribution in [0.5, 0.6) is 0 Å². The predicted molar refractivity (Wildman–Crippen MR) is 76.5 cm³/mol. The molecule has 0 fully saturated rings. The van der Waals surface area contributed by atoms with Gasteiger partial charge in [-0.15, -0.1) is 11.3 Å². The van der Waals surface area contributed by atoms with Gasteiger partial charge in [0.15, 0.2) is 0 Å². The first-order valence-electron chi connectivity index (χ1n) is 5.98. The van der Waals surface area contributed by atoms with Gasteiger partial charge < -0.3 is 20.9 Å². The van der Waals surface area contributed by atoms with Gasteiger partial charge in [-0.25, -0.2) is 0 Å². The zero-order valence-electron chi connectivity index (χ0n) is 10.4. The fourth-order valence-corrected chi connectivity index (χ4v) is 2.76. The van der Waals surface area contributed by atoms with E-state index in [4.69, 9.17) is 15.6 Å². The Morgan fingerprint density at radius 2 is 2.16 bits per heavy atom. The number of hydrogen-bond acceptors (Lipinski definition) is 5. The molecule has 102 valence electrons. The van der Waals surface area contributed by atoms with Gasteiger partial charge in [-0.2, -0.15) is 0 Å². The summed E-state index contributed by atoms with van der Waals surface area (Å²) < 4.78 is 6.07. The third kappa shape index (κ3) is 3.23. The first-order valence-corrected chi connectivity index (χ1v) is 6.79. The number of rotatable bonds is 6. The third-order valence-electron chi connectivity index (χ3n) is 2.61. The molecule has 0 saturated heterocycles. The van der Waals surface area contributed by atoms with Gasteiger partial charge in [-0.3, -0.25) is 4.79 Å². The number of carbonyl (C=O) groups excluding carboxylic acids is 1. The number of amides is 1. The number of nitrogens with two attached hydrogens (primary N) is 1. The molecule has 1 aromatic carbocycles. The van der Waals surface area contributed by atoms with Crippen molar-refractivity contribution in [2.45, 2.75) is 0 Å². The molecule has 0 aliphatic heterocycles. The zero-order chi connectivity index (χ0) is 13.7. The van der Waals surface area contributed by atoms with Gasteiger partial charge in [0, 0.05) is 16.6 Å². The second-order valence-corrected chi connectivity index (χ2v) is 4.99. The molecule has 0 atom stereocenters. The summed E-state index contributed by atoms with van der Waals surface area (Å²) in [5.74, 6) is -0.189. The Hall–Kier alpha value is -1.63. The first-order chi connectivity index (χ1) is 9.24. The minimum absolute atomic E-state index is 0.0167. The predicted octanol–water partition coefficient (Wildman–Crippen LogP) is 1.22. The smallest absolute Gasteiger partial charge is 0.263 e. The van der Waals surface area contributed by atoms with Gasteiger partial charge in [0.05, 0.1) is 25.5 Å². The van der Waals surface area contributed by atoms with Gasteiger partial charge in [-0.1, -0.05) is 18.2 Å². The molecule has 0 spiro atoms. The van der Waals surface area contributed by atoms with Crippen molar-refractivity contribution in [3.63, 3.8) is 0 Å². The average molecular weight is 280 g/mol. The fraction of sp³-hybridized carbons (Fsp3) is 0.308. The summed E-state index contributed by atoms with van der Waals surface area (Å²) in [6.07, 6.45) is 0. The van der Waals surface area contributed by atoms with Gasteiger partial charge in [0.25, 0.3) is 5.91 Å². The average Bonchev–Trinajstić information content (AvgIpc) is 2.76. The number of benzene rings is 1. The molecular weight excluding hydrogens is 264 g/mol. The molecule has 0 saturated carbocycles. The van der Waals surface area contributed by atoms with Gasteiger partial charge in [-0.05, 0) is 6.07 Å². The first kappa shape index (κ1) is 13.8. The second kappa shape index (κ2) is 6.51. The van der Waals surface area contributed by atoms with Crippen molar-refractivity contribution in [3.8, 4) is 0 Å². The van der Waals surface area contributed by atoms with Crippen LogP contribution in [-0.4, -0.2) is 37.4 Å². The van der Waals surface area contributed by atoms with Crippen molar-refractivity contribution in [1.82, 2.24) is 5.32 Å². The lowest BCUT2D eigenvalue weighted by Gasteiger charge is -2.04. The number of nitrogen functional groups attached to an aromatic ring is 1. The minimum Gasteiger partial charge on any atom is -0.397 e. The number of anilines is 1. The monoisotopic (exact) mass is 280 g/mol. The standard InChI is InChI=1S/C13H16N2O3S/c14-11-9-3-1-2-4-10(9)19-12(11)13(17)15-5-7-18-8-6-16/h1-4,16H,5-8,14H2,(H,15,17). The van der Waals surface area contributed by atoms with E-state index in [0.29, 0.717) is 23.7 Å². The second-order valence-electron chi connectivity index (χ2n) is 3.93. The summed E-state index contributed by atoms with van der Waals surface area (Å²) in [6.45, 7) is 1.03. The molecule has 2 aromatic rings. The highest BCUT2D eigenvalue weighted by molar-refractivity contribution is 7.21. The Kier molecular flexibility index (Phi) is 4.73. The number of ether oxygens (including phenoxy) is 1. The summed E-state index contributed by atoms with van der Waals surface area (Å²) in [5.41, 5.74) is 6.50. The van der Waals surface area contributed by atoms with Crippen LogP contribution in [-0.2, 0) is 4.74 Å². The summed E-state index contributed by atoms with van der Waals surface area (Å²) in [5, 5.41) is 12.2. The maximum Gasteiger partial charge on any atom is 0.263 e. The van der Waals surface area contributed by atoms with Crippen molar-refractivity contribution < 1.29 is 14.6 Å². The minimum atomic E-state index is -0.189. The Morgan fingerprint density at radius 1 is 1.37 bits per heavy atom. The molecule has 1 aromatic heterocycles. The van der Waals surface area contributed by atoms with E-state index < -0.39 is 0 Å². The number of aliphatic hydroxyl groups is 1. The van der Waals surface area contributed by atoms with Crippen LogP contribution in [0.15, 0.2) is 24.3 Å². The van der Waals surface area contributed by atoms with Crippen molar-refractivity contribution in [2.24, 2.45) is 0 Å². The molecular formula is C13H16N2O3S. The molecule has 19 heavy (non-hydrogen) atoms. The highest BCUT2D eigenvalue weighted by Crippen LogP contribution is 2.33. The lowest BCUT2D eigenvalue weighted by Crippen LogP contribution is -2.27. The summed E-state index contributed by atoms with van der Waals surface area (Å²) in [4.78, 5) is 12.5. The molecule has 1 heterocycles. The topological polar surface area (TPSA) is 84.6 Å². The Balaban J connectivity index is 1.99. The van der Waals surface area contributed by atoms with E-state index in [1.807, 2.05) is 24.3 Å². The molecule has 0 radical (unpaired) electrons. The number of carbonyl (C=O) groups is 1. The number of nitrogens with one attached hydrogen (secondary N) is 1. The van der Waals surface area contributed by atoms with E-state index in [2.05, 4.69) is 5.32 Å². The van der Waals surface area contributed by atoms with E-state index in [1.165, 1.54) is 11.3 Å². The molecule has 1 amide bonds. The molecule has 0 aliphatic rings. The van der Waals surface area contributed by atoms with Gasteiger partial charge in [0.2, 0.25) is 0 Å². The highest BCUT2D eigenvalue weighted by atomic mass is 32.1. The highest BCUT2D eigenvalue weighted by Gasteiger charge is 2.15. The lowest BCUT2D eigenvalue weighted by atomic mass is 10.2. The molecule has 0 aliphatic carbocycles. The molecule has 0 bridgehead atoms. The number of aliphatic hydroxyl groups excluding tert-OH is 1. The lowest BCUT2D eigenvalue weighted by molar-refractivity contribution is 0.0841. The van der Waals surface area contributed by atoms with E-state index >= 15 is 0 Å². The van der Waals surface area contributed by atoms with Crippen LogP contribution in [0.1, 0.15) is 9.67 Å². The Labute approximate surface area is 115 Å². The van der Waals surface area contributed by atoms with Crippen LogP contribution in [0, 0.1) is 0 Å². The van der Waals surface area contributed by atoms with Gasteiger partial charge >= 0.3 is 0 Å². The van der Waals surface area contributed by atoms with Crippen molar-refractivity contribution in [1.29, 1.82) is 0 Å². The summed E-state index contributed by atoms with van der Waals surface area (Å²) in [7, 11) is 0. The number of hydrogen-bond donors (Lipinski definition) is 3. The van der Waals surface area contributed by atoms with E-state index in [-0.39, 0.29) is 19.1 Å². The third-order valence-corrected chi connectivity index (χ3v) is 3.79. The quantitative estimate of drug-likeness (QED) is 0.695. The Bertz CT molecular complexity index is 568. The van der Waals surface area contributed by atoms with Crippen molar-refractivity contribution in [2.75, 3.05) is 32.1 Å². The van der Waals surface area contributed by atoms with Crippen LogP contribution in [0.2, 0.25) is 0 Å². The van der Waals surface area contributed by atoms with Crippen molar-refractivity contribution in [3.05, 3.63) is 29.1 Å². The number of thiophene rings is 1. The fourth-order valence-electron chi connectivity index (χ4n) is 1.72. The summed E-state index contributed by atoms with van der Waals surface area (Å²) in [6, 6.07) is 7.67. The van der Waals surface area contributed by atoms with Crippen LogP contribution in [0.25, 0.3) is 10.1 Å². The maximum absolute atomic E-state index is 12.0. The van der Waals surface area contributed by atoms with Gasteiger partial charge in [0.1, 0.15) is 4.88 Å². The molecule has 2 rings (SSSR count). The molecule has 4 N–H and O–H groups in total. The van der Waals surface area contributed by atoms with Crippen LogP contribution in [0.4, 0.5) is 5.69 Å². The molecule has 0 unspecified atom stereocenters. The van der Waals surface area contributed by atoms with E-state index in [0.717, 1.165) is 10.1 Å². The number of fused-ring (bicyclic) bond motifs is 1. The zero-order valence-corrected chi connectivity index (χ0v) is 11.2.